The Kier molecular flexibility index (Phi) is 3.88. The molecule has 0 aliphatic carbocycles. The van der Waals surface area contributed by atoms with E-state index in [2.05, 4.69) is 20.0 Å². The van der Waals surface area contributed by atoms with Crippen LogP contribution in [0.2, 0.25) is 0 Å². The van der Waals surface area contributed by atoms with E-state index in [1.54, 1.807) is 24.7 Å². The number of benzene rings is 1. The lowest BCUT2D eigenvalue weighted by molar-refractivity contribution is 0.0695. The molecule has 3 aromatic rings. The number of rotatable bonds is 4. The number of halogens is 1. The summed E-state index contributed by atoms with van der Waals surface area (Å²) in [5.74, 6) is -1.01. The first-order chi connectivity index (χ1) is 14.6. The fourth-order valence-electron chi connectivity index (χ4n) is 3.46. The maximum Gasteiger partial charge on any atom is 0.330 e. The van der Waals surface area contributed by atoms with Crippen LogP contribution >= 0.6 is 0 Å². The predicted molar refractivity (Wildman–Crippen MR) is 103 cm³/mol. The van der Waals surface area contributed by atoms with Gasteiger partial charge in [0.2, 0.25) is 5.95 Å². The van der Waals surface area contributed by atoms with Gasteiger partial charge in [-0.2, -0.15) is 4.98 Å². The molecular formula is C19H22FN5O3. The zero-order valence-corrected chi connectivity index (χ0v) is 15.5. The molecule has 0 bridgehead atoms. The van der Waals surface area contributed by atoms with E-state index >= 15 is 0 Å². The first-order valence-corrected chi connectivity index (χ1v) is 8.92. The number of hydrogen-bond donors (Lipinski definition) is 1. The third-order valence-corrected chi connectivity index (χ3v) is 5.02. The van der Waals surface area contributed by atoms with Gasteiger partial charge in [-0.25, -0.2) is 14.2 Å². The van der Waals surface area contributed by atoms with Gasteiger partial charge in [0, 0.05) is 38.1 Å². The second kappa shape index (κ2) is 7.23. The van der Waals surface area contributed by atoms with Gasteiger partial charge < -0.3 is 14.8 Å². The van der Waals surface area contributed by atoms with Crippen molar-refractivity contribution in [2.24, 2.45) is 7.05 Å². The van der Waals surface area contributed by atoms with Crippen LogP contribution < -0.4 is 15.7 Å². The lowest BCUT2D eigenvalue weighted by Crippen LogP contribution is -2.30. The highest BCUT2D eigenvalue weighted by atomic mass is 19.1. The van der Waals surface area contributed by atoms with Gasteiger partial charge in [-0.3, -0.25) is 9.13 Å². The number of anilines is 2. The van der Waals surface area contributed by atoms with Crippen LogP contribution in [-0.2, 0) is 11.8 Å². The molecule has 1 aliphatic rings. The molecule has 0 radical (unpaired) electrons. The molecule has 1 fully saturated rings. The number of ether oxygens (including phenoxy) is 2. The minimum Gasteiger partial charge on any atom is -0.494 e. The van der Waals surface area contributed by atoms with Crippen molar-refractivity contribution in [3.05, 3.63) is 40.2 Å². The Bertz CT molecular complexity index is 1190. The molecule has 0 unspecified atom stereocenters. The first kappa shape index (κ1) is 15.0. The van der Waals surface area contributed by atoms with Crippen LogP contribution in [0, 0.1) is 12.7 Å². The number of aryl methyl sites for hydroxylation is 2. The Morgan fingerprint density at radius 3 is 2.93 bits per heavy atom. The molecule has 4 rings (SSSR count). The topological polar surface area (TPSA) is 83.2 Å². The highest BCUT2D eigenvalue weighted by Gasteiger charge is 2.23. The van der Waals surface area contributed by atoms with E-state index in [0.29, 0.717) is 48.5 Å². The third kappa shape index (κ3) is 3.11. The van der Waals surface area contributed by atoms with Crippen LogP contribution in [0.5, 0.6) is 5.75 Å². The van der Waals surface area contributed by atoms with Crippen LogP contribution in [0.15, 0.2) is 23.1 Å². The summed E-state index contributed by atoms with van der Waals surface area (Å²) in [5.41, 5.74) is 1.79. The minimum atomic E-state index is -2.75. The van der Waals surface area contributed by atoms with Crippen LogP contribution in [-0.4, -0.2) is 39.4 Å². The second-order valence-corrected chi connectivity index (χ2v) is 6.78. The van der Waals surface area contributed by atoms with Gasteiger partial charge in [0.05, 0.1) is 17.3 Å². The van der Waals surface area contributed by atoms with Crippen molar-refractivity contribution >= 4 is 22.8 Å². The van der Waals surface area contributed by atoms with Gasteiger partial charge >= 0.3 is 5.69 Å². The fourth-order valence-corrected chi connectivity index (χ4v) is 3.46. The van der Waals surface area contributed by atoms with E-state index in [9.17, 15) is 9.18 Å². The Morgan fingerprint density at radius 2 is 2.18 bits per heavy atom. The number of imidazole rings is 1. The molecule has 2 aromatic heterocycles. The highest BCUT2D eigenvalue weighted by molar-refractivity contribution is 5.73. The van der Waals surface area contributed by atoms with E-state index in [1.807, 2.05) is 0 Å². The summed E-state index contributed by atoms with van der Waals surface area (Å²) in [6.45, 7) is 2.83. The van der Waals surface area contributed by atoms with E-state index in [-0.39, 0.29) is 23.4 Å². The molecule has 1 aliphatic heterocycles. The molecule has 0 amide bonds. The van der Waals surface area contributed by atoms with E-state index in [0.717, 1.165) is 6.07 Å². The summed E-state index contributed by atoms with van der Waals surface area (Å²) >= 11 is 0. The van der Waals surface area contributed by atoms with Gasteiger partial charge in [0.1, 0.15) is 5.52 Å². The summed E-state index contributed by atoms with van der Waals surface area (Å²) in [7, 11) is -1.09. The van der Waals surface area contributed by atoms with Crippen molar-refractivity contribution in [3.63, 3.8) is 0 Å². The van der Waals surface area contributed by atoms with Crippen molar-refractivity contribution in [1.29, 1.82) is 0 Å². The van der Waals surface area contributed by atoms with Gasteiger partial charge in [-0.15, -0.1) is 0 Å². The largest absolute Gasteiger partial charge is 0.494 e. The van der Waals surface area contributed by atoms with Gasteiger partial charge in [-0.05, 0) is 31.4 Å². The number of methoxy groups -OCH3 is 1. The summed E-state index contributed by atoms with van der Waals surface area (Å²) in [6.07, 6.45) is 2.96. The molecule has 1 N–H and O–H groups in total. The molecule has 8 nitrogen and oxygen atoms in total. The fraction of sp³-hybridized carbons (Fsp3) is 0.421. The van der Waals surface area contributed by atoms with Gasteiger partial charge in [-0.1, -0.05) is 0 Å². The van der Waals surface area contributed by atoms with Crippen LogP contribution in [0.1, 0.15) is 28.6 Å². The third-order valence-electron chi connectivity index (χ3n) is 5.02. The highest BCUT2D eigenvalue weighted by Crippen LogP contribution is 2.28. The lowest BCUT2D eigenvalue weighted by atomic mass is 10.1. The maximum absolute atomic E-state index is 14.4. The van der Waals surface area contributed by atoms with E-state index in [1.165, 1.54) is 10.6 Å². The van der Waals surface area contributed by atoms with Crippen LogP contribution in [0.3, 0.4) is 0 Å². The SMILES string of the molecule is [2H]C([2H])([2H])Oc1cc(C)c(Nc2ncc3c(n2)n(C2CCOCC2)c(=O)n3C)cc1F. The Hall–Kier alpha value is -2.94. The zero-order chi connectivity index (χ0) is 22.3. The lowest BCUT2D eigenvalue weighted by Gasteiger charge is -2.22. The molecule has 1 saturated heterocycles. The summed E-state index contributed by atoms with van der Waals surface area (Å²) in [6, 6.07) is 2.40. The van der Waals surface area contributed by atoms with E-state index < -0.39 is 12.9 Å². The molecule has 9 heteroatoms. The average molecular weight is 390 g/mol. The van der Waals surface area contributed by atoms with Gasteiger partial charge in [0.15, 0.2) is 17.2 Å². The predicted octanol–water partition coefficient (Wildman–Crippen LogP) is 2.68. The Labute approximate surface area is 165 Å². The normalized spacial score (nSPS) is 17.2. The van der Waals surface area contributed by atoms with Crippen molar-refractivity contribution in [2.75, 3.05) is 25.6 Å². The molecule has 148 valence electrons. The summed E-state index contributed by atoms with van der Waals surface area (Å²) in [4.78, 5) is 21.6. The molecule has 0 spiro atoms. The number of nitrogens with zero attached hydrogens (tertiary/aromatic N) is 4. The minimum absolute atomic E-state index is 0.0248. The molecule has 28 heavy (non-hydrogen) atoms. The Morgan fingerprint density at radius 1 is 1.39 bits per heavy atom. The molecular weight excluding hydrogens is 365 g/mol. The van der Waals surface area contributed by atoms with Crippen LogP contribution in [0.25, 0.3) is 11.2 Å². The average Bonchev–Trinajstić information content (AvgIpc) is 2.95. The van der Waals surface area contributed by atoms with Crippen molar-refractivity contribution in [1.82, 2.24) is 19.1 Å². The monoisotopic (exact) mass is 390 g/mol. The quantitative estimate of drug-likeness (QED) is 0.738. The second-order valence-electron chi connectivity index (χ2n) is 6.78. The smallest absolute Gasteiger partial charge is 0.330 e. The number of fused-ring (bicyclic) bond motifs is 1. The maximum atomic E-state index is 14.4. The molecule has 0 saturated carbocycles. The van der Waals surface area contributed by atoms with Crippen LogP contribution in [0.4, 0.5) is 16.0 Å². The number of hydrogen-bond acceptors (Lipinski definition) is 6. The Balaban J connectivity index is 1.69. The summed E-state index contributed by atoms with van der Waals surface area (Å²) in [5, 5.41) is 2.95. The van der Waals surface area contributed by atoms with Gasteiger partial charge in [0.25, 0.3) is 0 Å². The number of aromatic nitrogens is 4. The number of nitrogens with one attached hydrogen (secondary N) is 1. The molecule has 0 atom stereocenters. The van der Waals surface area contributed by atoms with Crippen molar-refractivity contribution < 1.29 is 18.0 Å². The van der Waals surface area contributed by atoms with Crippen molar-refractivity contribution in [3.8, 4) is 5.75 Å². The molecule has 3 heterocycles. The molecule has 1 aromatic carbocycles. The zero-order valence-electron chi connectivity index (χ0n) is 18.5. The summed E-state index contributed by atoms with van der Waals surface area (Å²) < 4.78 is 49.0. The first-order valence-electron chi connectivity index (χ1n) is 10.4. The van der Waals surface area contributed by atoms with E-state index in [4.69, 9.17) is 8.85 Å². The standard InChI is InChI=1S/C19H22FN5O3/c1-11-8-16(27-3)13(20)9-14(11)22-18-21-10-15-17(23-18)25(19(26)24(15)2)12-4-6-28-7-5-12/h8-10,12H,4-7H2,1-3H3,(H,21,22,23)/i3D3. The van der Waals surface area contributed by atoms with Crippen molar-refractivity contribution in [2.45, 2.75) is 25.8 Å².